The summed E-state index contributed by atoms with van der Waals surface area (Å²) in [5.74, 6) is -0.376. The minimum Gasteiger partial charge on any atom is -0.481 e. The smallest absolute Gasteiger partial charge is 0.306 e. The summed E-state index contributed by atoms with van der Waals surface area (Å²) in [4.78, 5) is 13.0. The topological polar surface area (TPSA) is 40.5 Å². The fourth-order valence-electron chi connectivity index (χ4n) is 2.21. The van der Waals surface area contributed by atoms with E-state index in [0.29, 0.717) is 5.92 Å². The largest absolute Gasteiger partial charge is 0.481 e. The maximum atomic E-state index is 10.7. The molecule has 2 atom stereocenters. The standard InChI is InChI=1S/C14H18BrNO2/c1-16(9-11-8-13(11)14(17)18)7-6-10-2-4-12(15)5-3-10/h2-5,11,13H,6-9H2,1H3,(H,17,18). The maximum absolute atomic E-state index is 10.7. The molecule has 3 nitrogen and oxygen atoms in total. The minimum atomic E-state index is -0.638. The summed E-state index contributed by atoms with van der Waals surface area (Å²) < 4.78 is 1.10. The molecule has 2 rings (SSSR count). The molecule has 1 N–H and O–H groups in total. The molecule has 2 unspecified atom stereocenters. The summed E-state index contributed by atoms with van der Waals surface area (Å²) in [5.41, 5.74) is 1.32. The van der Waals surface area contributed by atoms with Gasteiger partial charge in [0.1, 0.15) is 0 Å². The highest BCUT2D eigenvalue weighted by atomic mass is 79.9. The third-order valence-electron chi connectivity index (χ3n) is 3.48. The van der Waals surface area contributed by atoms with Gasteiger partial charge in [-0.1, -0.05) is 28.1 Å². The van der Waals surface area contributed by atoms with Gasteiger partial charge in [-0.3, -0.25) is 4.79 Å². The predicted molar refractivity (Wildman–Crippen MR) is 74.6 cm³/mol. The lowest BCUT2D eigenvalue weighted by Gasteiger charge is -2.16. The van der Waals surface area contributed by atoms with Crippen LogP contribution in [0.15, 0.2) is 28.7 Å². The average Bonchev–Trinajstić information content (AvgIpc) is 3.08. The number of hydrogen-bond acceptors (Lipinski definition) is 2. The molecule has 4 heteroatoms. The summed E-state index contributed by atoms with van der Waals surface area (Å²) in [6.07, 6.45) is 1.85. The summed E-state index contributed by atoms with van der Waals surface area (Å²) in [5, 5.41) is 8.85. The van der Waals surface area contributed by atoms with Gasteiger partial charge in [0.05, 0.1) is 5.92 Å². The Balaban J connectivity index is 1.71. The molecule has 0 aliphatic heterocycles. The summed E-state index contributed by atoms with van der Waals surface area (Å²) >= 11 is 3.42. The Kier molecular flexibility index (Phi) is 4.40. The van der Waals surface area contributed by atoms with E-state index in [4.69, 9.17) is 5.11 Å². The molecule has 0 saturated heterocycles. The summed E-state index contributed by atoms with van der Waals surface area (Å²) in [7, 11) is 2.07. The van der Waals surface area contributed by atoms with E-state index in [-0.39, 0.29) is 5.92 Å². The average molecular weight is 312 g/mol. The lowest BCUT2D eigenvalue weighted by molar-refractivity contribution is -0.138. The van der Waals surface area contributed by atoms with Crippen LogP contribution in [0.5, 0.6) is 0 Å². The van der Waals surface area contributed by atoms with Crippen LogP contribution in [-0.2, 0) is 11.2 Å². The van der Waals surface area contributed by atoms with E-state index in [1.54, 1.807) is 0 Å². The SMILES string of the molecule is CN(CCc1ccc(Br)cc1)CC1CC1C(=O)O. The molecule has 1 aromatic carbocycles. The molecule has 1 saturated carbocycles. The molecule has 1 fully saturated rings. The van der Waals surface area contributed by atoms with Crippen LogP contribution in [0, 0.1) is 11.8 Å². The van der Waals surface area contributed by atoms with Crippen molar-refractivity contribution >= 4 is 21.9 Å². The molecule has 0 heterocycles. The zero-order chi connectivity index (χ0) is 13.1. The van der Waals surface area contributed by atoms with Gasteiger partial charge in [0.2, 0.25) is 0 Å². The molecular weight excluding hydrogens is 294 g/mol. The monoisotopic (exact) mass is 311 g/mol. The number of likely N-dealkylation sites (N-methyl/N-ethyl adjacent to an activating group) is 1. The van der Waals surface area contributed by atoms with Gasteiger partial charge in [-0.15, -0.1) is 0 Å². The third-order valence-corrected chi connectivity index (χ3v) is 4.01. The van der Waals surface area contributed by atoms with Gasteiger partial charge in [0.15, 0.2) is 0 Å². The van der Waals surface area contributed by atoms with Crippen LogP contribution in [0.25, 0.3) is 0 Å². The molecule has 1 aromatic rings. The van der Waals surface area contributed by atoms with E-state index in [1.165, 1.54) is 5.56 Å². The van der Waals surface area contributed by atoms with Gasteiger partial charge in [0.25, 0.3) is 0 Å². The zero-order valence-electron chi connectivity index (χ0n) is 10.5. The van der Waals surface area contributed by atoms with Crippen molar-refractivity contribution in [3.8, 4) is 0 Å². The first-order chi connectivity index (χ1) is 8.56. The Morgan fingerprint density at radius 2 is 2.11 bits per heavy atom. The molecule has 98 valence electrons. The molecule has 0 spiro atoms. The second kappa shape index (κ2) is 5.85. The number of carboxylic acid groups (broad SMARTS) is 1. The summed E-state index contributed by atoms with van der Waals surface area (Å²) in [6.45, 7) is 1.87. The van der Waals surface area contributed by atoms with Crippen molar-refractivity contribution in [3.05, 3.63) is 34.3 Å². The van der Waals surface area contributed by atoms with Gasteiger partial charge in [0, 0.05) is 17.6 Å². The van der Waals surface area contributed by atoms with Crippen molar-refractivity contribution in [1.82, 2.24) is 4.90 Å². The van der Waals surface area contributed by atoms with Crippen LogP contribution in [0.3, 0.4) is 0 Å². The Hall–Kier alpha value is -0.870. The van der Waals surface area contributed by atoms with Crippen LogP contribution >= 0.6 is 15.9 Å². The predicted octanol–water partition coefficient (Wildman–Crippen LogP) is 2.64. The minimum absolute atomic E-state index is 0.0971. The number of rotatable bonds is 6. The van der Waals surface area contributed by atoms with Crippen molar-refractivity contribution in [2.75, 3.05) is 20.1 Å². The highest BCUT2D eigenvalue weighted by molar-refractivity contribution is 9.10. The van der Waals surface area contributed by atoms with E-state index >= 15 is 0 Å². The van der Waals surface area contributed by atoms with E-state index in [0.717, 1.165) is 30.4 Å². The van der Waals surface area contributed by atoms with Gasteiger partial charge < -0.3 is 10.0 Å². The quantitative estimate of drug-likeness (QED) is 0.878. The molecule has 0 bridgehead atoms. The Morgan fingerprint density at radius 3 is 2.67 bits per heavy atom. The lowest BCUT2D eigenvalue weighted by atomic mass is 10.1. The molecular formula is C14H18BrNO2. The van der Waals surface area contributed by atoms with Crippen molar-refractivity contribution in [2.45, 2.75) is 12.8 Å². The third kappa shape index (κ3) is 3.82. The first-order valence-corrected chi connectivity index (χ1v) is 7.01. The maximum Gasteiger partial charge on any atom is 0.306 e. The number of halogens is 1. The van der Waals surface area contributed by atoms with Gasteiger partial charge in [-0.25, -0.2) is 0 Å². The van der Waals surface area contributed by atoms with Crippen molar-refractivity contribution in [3.63, 3.8) is 0 Å². The molecule has 0 amide bonds. The van der Waals surface area contributed by atoms with Gasteiger partial charge >= 0.3 is 5.97 Å². The fraction of sp³-hybridized carbons (Fsp3) is 0.500. The fourth-order valence-corrected chi connectivity index (χ4v) is 2.48. The van der Waals surface area contributed by atoms with E-state index in [2.05, 4.69) is 52.1 Å². The Morgan fingerprint density at radius 1 is 1.44 bits per heavy atom. The van der Waals surface area contributed by atoms with Gasteiger partial charge in [-0.05, 0) is 43.5 Å². The molecule has 1 aliphatic carbocycles. The zero-order valence-corrected chi connectivity index (χ0v) is 12.1. The Labute approximate surface area is 116 Å². The molecule has 0 aromatic heterocycles. The van der Waals surface area contributed by atoms with E-state index in [1.807, 2.05) is 0 Å². The number of aliphatic carboxylic acids is 1. The Bertz CT molecular complexity index is 418. The van der Waals surface area contributed by atoms with Crippen LogP contribution in [0.2, 0.25) is 0 Å². The highest BCUT2D eigenvalue weighted by Crippen LogP contribution is 2.38. The lowest BCUT2D eigenvalue weighted by Crippen LogP contribution is -2.24. The normalized spacial score (nSPS) is 22.2. The number of carboxylic acids is 1. The second-order valence-corrected chi connectivity index (χ2v) is 5.99. The highest BCUT2D eigenvalue weighted by Gasteiger charge is 2.43. The molecule has 1 aliphatic rings. The van der Waals surface area contributed by atoms with Crippen LogP contribution in [0.1, 0.15) is 12.0 Å². The van der Waals surface area contributed by atoms with Crippen molar-refractivity contribution in [2.24, 2.45) is 11.8 Å². The number of carbonyl (C=O) groups is 1. The van der Waals surface area contributed by atoms with Crippen molar-refractivity contribution < 1.29 is 9.90 Å². The summed E-state index contributed by atoms with van der Waals surface area (Å²) in [6, 6.07) is 8.34. The number of nitrogens with zero attached hydrogens (tertiary/aromatic N) is 1. The van der Waals surface area contributed by atoms with Crippen LogP contribution in [-0.4, -0.2) is 36.1 Å². The van der Waals surface area contributed by atoms with Gasteiger partial charge in [-0.2, -0.15) is 0 Å². The van der Waals surface area contributed by atoms with Crippen LogP contribution in [0.4, 0.5) is 0 Å². The number of benzene rings is 1. The second-order valence-electron chi connectivity index (χ2n) is 5.08. The molecule has 0 radical (unpaired) electrons. The van der Waals surface area contributed by atoms with E-state index in [9.17, 15) is 4.79 Å². The molecule has 18 heavy (non-hydrogen) atoms. The first kappa shape index (κ1) is 13.6. The first-order valence-electron chi connectivity index (χ1n) is 6.22. The van der Waals surface area contributed by atoms with Crippen LogP contribution < -0.4 is 0 Å². The van der Waals surface area contributed by atoms with E-state index < -0.39 is 5.97 Å². The van der Waals surface area contributed by atoms with Crippen molar-refractivity contribution in [1.29, 1.82) is 0 Å². The number of hydrogen-bond donors (Lipinski definition) is 1.